The van der Waals surface area contributed by atoms with Gasteiger partial charge in [-0.05, 0) is 54.8 Å². The molecule has 25 heavy (non-hydrogen) atoms. The molecule has 0 amide bonds. The number of hydrogen-bond donors (Lipinski definition) is 4. The third-order valence-electron chi connectivity index (χ3n) is 4.40. The molecular weight excluding hydrogens is 340 g/mol. The topological polar surface area (TPSA) is 104 Å². The van der Waals surface area contributed by atoms with Crippen molar-refractivity contribution in [1.29, 1.82) is 0 Å². The molecule has 1 aliphatic carbocycles. The van der Waals surface area contributed by atoms with Gasteiger partial charge in [-0.2, -0.15) is 0 Å². The van der Waals surface area contributed by atoms with Crippen LogP contribution >= 0.6 is 11.6 Å². The fourth-order valence-electron chi connectivity index (χ4n) is 3.04. The molecule has 0 saturated carbocycles. The Morgan fingerprint density at radius 1 is 1.32 bits per heavy atom. The first kappa shape index (κ1) is 21.7. The summed E-state index contributed by atoms with van der Waals surface area (Å²) in [4.78, 5) is 11.7. The summed E-state index contributed by atoms with van der Waals surface area (Å²) in [5, 5.41) is 28.2. The highest BCUT2D eigenvalue weighted by molar-refractivity contribution is 6.40. The summed E-state index contributed by atoms with van der Waals surface area (Å²) in [6, 6.07) is 7.26. The van der Waals surface area contributed by atoms with Gasteiger partial charge in [-0.1, -0.05) is 50.1 Å². The third-order valence-corrected chi connectivity index (χ3v) is 4.66. The van der Waals surface area contributed by atoms with E-state index in [1.807, 2.05) is 32.1 Å². The van der Waals surface area contributed by atoms with Crippen molar-refractivity contribution in [2.75, 3.05) is 0 Å². The molecule has 0 fully saturated rings. The molecule has 0 aliphatic heterocycles. The molecule has 7 heteroatoms. The maximum absolute atomic E-state index is 11.7. The lowest BCUT2D eigenvalue weighted by Crippen LogP contribution is -2.53. The molecule has 5 N–H and O–H groups in total. The van der Waals surface area contributed by atoms with Gasteiger partial charge in [-0.3, -0.25) is 0 Å². The molecule has 0 bridgehead atoms. The van der Waals surface area contributed by atoms with Crippen LogP contribution in [0.15, 0.2) is 35.9 Å². The molecule has 1 aliphatic rings. The van der Waals surface area contributed by atoms with E-state index in [0.717, 1.165) is 5.56 Å². The summed E-state index contributed by atoms with van der Waals surface area (Å²) in [6.07, 6.45) is 4.11. The van der Waals surface area contributed by atoms with Crippen molar-refractivity contribution >= 4 is 24.7 Å². The number of carboxylic acid groups (broad SMARTS) is 1. The Morgan fingerprint density at radius 3 is 2.44 bits per heavy atom. The van der Waals surface area contributed by atoms with Gasteiger partial charge in [-0.15, -0.1) is 0 Å². The Labute approximate surface area is 154 Å². The van der Waals surface area contributed by atoms with E-state index in [-0.39, 0.29) is 12.2 Å². The van der Waals surface area contributed by atoms with Crippen LogP contribution in [0.25, 0.3) is 0 Å². The number of halogens is 1. The van der Waals surface area contributed by atoms with Gasteiger partial charge in [0.2, 0.25) is 0 Å². The SMILES string of the molecule is CC.NC1(C(=O)O)CC(CCB(O)O)CC=C1Cc1ccc(Cl)cc1. The number of allylic oxidation sites excluding steroid dienone is 1. The Kier molecular flexibility index (Phi) is 8.66. The Bertz CT molecular complexity index is 591. The summed E-state index contributed by atoms with van der Waals surface area (Å²) in [5.74, 6) is -1.01. The van der Waals surface area contributed by atoms with Crippen LogP contribution in [0.5, 0.6) is 0 Å². The van der Waals surface area contributed by atoms with Crippen LogP contribution < -0.4 is 5.73 Å². The normalized spacial score (nSPS) is 22.5. The Morgan fingerprint density at radius 2 is 1.92 bits per heavy atom. The quantitative estimate of drug-likeness (QED) is 0.457. The van der Waals surface area contributed by atoms with Crippen molar-refractivity contribution in [3.05, 3.63) is 46.5 Å². The number of rotatable bonds is 6. The summed E-state index contributed by atoms with van der Waals surface area (Å²) in [5.41, 5.74) is 6.44. The molecule has 0 radical (unpaired) electrons. The summed E-state index contributed by atoms with van der Waals surface area (Å²) in [7, 11) is -1.37. The van der Waals surface area contributed by atoms with Gasteiger partial charge in [-0.25, -0.2) is 4.79 Å². The molecular formula is C18H27BClNO4. The van der Waals surface area contributed by atoms with E-state index in [1.54, 1.807) is 12.1 Å². The predicted molar refractivity (Wildman–Crippen MR) is 101 cm³/mol. The zero-order valence-corrected chi connectivity index (χ0v) is 15.5. The summed E-state index contributed by atoms with van der Waals surface area (Å²) in [6.45, 7) is 4.00. The zero-order chi connectivity index (χ0) is 19.0. The number of nitrogens with two attached hydrogens (primary N) is 1. The molecule has 2 rings (SSSR count). The molecule has 0 saturated heterocycles. The number of benzene rings is 1. The van der Waals surface area contributed by atoms with Crippen LogP contribution in [-0.4, -0.2) is 33.8 Å². The van der Waals surface area contributed by atoms with Crippen LogP contribution in [0.4, 0.5) is 0 Å². The molecule has 5 nitrogen and oxygen atoms in total. The standard InChI is InChI=1S/C16H21BClNO4.C2H6/c18-14-5-2-11(3-6-14)9-13-4-1-12(7-8-17(22)23)10-16(13,19)15(20)21;1-2/h2-6,12,22-23H,1,7-10,19H2,(H,20,21);1-2H3. The lowest BCUT2D eigenvalue weighted by molar-refractivity contribution is -0.142. The average Bonchev–Trinajstić information content (AvgIpc) is 2.58. The van der Waals surface area contributed by atoms with Crippen LogP contribution in [0.1, 0.15) is 38.7 Å². The lowest BCUT2D eigenvalue weighted by atomic mass is 9.70. The summed E-state index contributed by atoms with van der Waals surface area (Å²) < 4.78 is 0. The van der Waals surface area contributed by atoms with E-state index in [4.69, 9.17) is 27.4 Å². The second-order valence-corrected chi connectivity index (χ2v) is 6.61. The third kappa shape index (κ3) is 6.15. The number of hydrogen-bond acceptors (Lipinski definition) is 4. The average molecular weight is 368 g/mol. The number of carboxylic acids is 1. The Balaban J connectivity index is 0.00000151. The van der Waals surface area contributed by atoms with E-state index in [1.165, 1.54) is 0 Å². The molecule has 2 unspecified atom stereocenters. The first-order chi connectivity index (χ1) is 11.8. The van der Waals surface area contributed by atoms with E-state index >= 15 is 0 Å². The minimum Gasteiger partial charge on any atom is -0.480 e. The van der Waals surface area contributed by atoms with Crippen molar-refractivity contribution in [2.24, 2.45) is 11.7 Å². The van der Waals surface area contributed by atoms with E-state index in [9.17, 15) is 9.90 Å². The Hall–Kier alpha value is -1.34. The van der Waals surface area contributed by atoms with Gasteiger partial charge in [0.1, 0.15) is 5.54 Å². The highest BCUT2D eigenvalue weighted by Crippen LogP contribution is 2.35. The van der Waals surface area contributed by atoms with E-state index < -0.39 is 18.6 Å². The minimum absolute atomic E-state index is 0.0341. The van der Waals surface area contributed by atoms with Crippen LogP contribution in [0.2, 0.25) is 11.3 Å². The zero-order valence-electron chi connectivity index (χ0n) is 14.8. The van der Waals surface area contributed by atoms with Crippen molar-refractivity contribution < 1.29 is 19.9 Å². The fourth-order valence-corrected chi connectivity index (χ4v) is 3.17. The molecule has 0 heterocycles. The monoisotopic (exact) mass is 367 g/mol. The number of carbonyl (C=O) groups is 1. The van der Waals surface area contributed by atoms with Crippen molar-refractivity contribution in [2.45, 2.75) is 51.4 Å². The molecule has 138 valence electrons. The van der Waals surface area contributed by atoms with Crippen LogP contribution in [-0.2, 0) is 11.2 Å². The first-order valence-electron chi connectivity index (χ1n) is 8.63. The predicted octanol–water partition coefficient (Wildman–Crippen LogP) is 2.89. The minimum atomic E-state index is -1.41. The highest BCUT2D eigenvalue weighted by Gasteiger charge is 2.42. The van der Waals surface area contributed by atoms with Gasteiger partial charge < -0.3 is 20.9 Å². The van der Waals surface area contributed by atoms with Gasteiger partial charge in [0.15, 0.2) is 0 Å². The van der Waals surface area contributed by atoms with Crippen LogP contribution in [0, 0.1) is 5.92 Å². The summed E-state index contributed by atoms with van der Waals surface area (Å²) >= 11 is 5.87. The largest absolute Gasteiger partial charge is 0.480 e. The van der Waals surface area contributed by atoms with Crippen molar-refractivity contribution in [1.82, 2.24) is 0 Å². The molecule has 1 aromatic rings. The maximum atomic E-state index is 11.7. The fraction of sp³-hybridized carbons (Fsp3) is 0.500. The maximum Gasteiger partial charge on any atom is 0.451 e. The smallest absolute Gasteiger partial charge is 0.451 e. The van der Waals surface area contributed by atoms with Crippen LogP contribution in [0.3, 0.4) is 0 Å². The van der Waals surface area contributed by atoms with Gasteiger partial charge in [0.25, 0.3) is 0 Å². The molecule has 0 aromatic heterocycles. The first-order valence-corrected chi connectivity index (χ1v) is 9.01. The van der Waals surface area contributed by atoms with Gasteiger partial charge >= 0.3 is 13.1 Å². The van der Waals surface area contributed by atoms with Gasteiger partial charge in [0.05, 0.1) is 0 Å². The van der Waals surface area contributed by atoms with E-state index in [2.05, 4.69) is 0 Å². The molecule has 1 aromatic carbocycles. The highest BCUT2D eigenvalue weighted by atomic mass is 35.5. The van der Waals surface area contributed by atoms with E-state index in [0.29, 0.717) is 36.3 Å². The molecule has 2 atom stereocenters. The lowest BCUT2D eigenvalue weighted by Gasteiger charge is -2.36. The second-order valence-electron chi connectivity index (χ2n) is 6.17. The van der Waals surface area contributed by atoms with Crippen molar-refractivity contribution in [3.63, 3.8) is 0 Å². The number of aliphatic carboxylic acids is 1. The van der Waals surface area contributed by atoms with Crippen molar-refractivity contribution in [3.8, 4) is 0 Å². The molecule has 0 spiro atoms. The van der Waals surface area contributed by atoms with Gasteiger partial charge in [0, 0.05) is 5.02 Å². The second kappa shape index (κ2) is 9.97.